The van der Waals surface area contributed by atoms with Crippen LogP contribution in [0, 0.1) is 11.8 Å². The van der Waals surface area contributed by atoms with Crippen LogP contribution in [0.2, 0.25) is 0 Å². The molecule has 0 amide bonds. The second kappa shape index (κ2) is 3.58. The highest BCUT2D eigenvalue weighted by Crippen LogP contribution is 2.31. The Hall–Kier alpha value is -0.700. The lowest BCUT2D eigenvalue weighted by Gasteiger charge is -2.11. The van der Waals surface area contributed by atoms with Gasteiger partial charge >= 0.3 is 0 Å². The Balaban J connectivity index is 2.00. The molecule has 1 aliphatic carbocycles. The summed E-state index contributed by atoms with van der Waals surface area (Å²) in [6.07, 6.45) is 4.81. The molecule has 13 heavy (non-hydrogen) atoms. The Kier molecular flexibility index (Phi) is 2.44. The van der Waals surface area contributed by atoms with Gasteiger partial charge in [0, 0.05) is 23.4 Å². The summed E-state index contributed by atoms with van der Waals surface area (Å²) >= 11 is 1.69. The Morgan fingerprint density at radius 2 is 2.54 bits per heavy atom. The summed E-state index contributed by atoms with van der Waals surface area (Å²) in [5, 5.41) is 0. The van der Waals surface area contributed by atoms with Crippen LogP contribution >= 0.6 is 11.3 Å². The first-order chi connectivity index (χ1) is 6.27. The highest BCUT2D eigenvalue weighted by Gasteiger charge is 2.30. The molecular weight excluding hydrogens is 182 g/mol. The Morgan fingerprint density at radius 1 is 1.69 bits per heavy atom. The number of ketones is 1. The Bertz CT molecular complexity index is 294. The van der Waals surface area contributed by atoms with Gasteiger partial charge in [-0.1, -0.05) is 6.92 Å². The Morgan fingerprint density at radius 3 is 3.08 bits per heavy atom. The SMILES string of the molecule is CC1C(=O)CCC1Cc1cncs1. The lowest BCUT2D eigenvalue weighted by Crippen LogP contribution is -2.12. The number of carbonyl (C=O) groups is 1. The summed E-state index contributed by atoms with van der Waals surface area (Å²) in [6.45, 7) is 2.06. The van der Waals surface area contributed by atoms with Gasteiger partial charge in [0.15, 0.2) is 0 Å². The molecule has 3 heteroatoms. The third-order valence-electron chi connectivity index (χ3n) is 2.92. The third kappa shape index (κ3) is 1.80. The van der Waals surface area contributed by atoms with E-state index in [9.17, 15) is 4.79 Å². The summed E-state index contributed by atoms with van der Waals surface area (Å²) in [5.41, 5.74) is 1.86. The first-order valence-electron chi connectivity index (χ1n) is 4.67. The average molecular weight is 195 g/mol. The zero-order chi connectivity index (χ0) is 9.26. The number of carbonyl (C=O) groups excluding carboxylic acids is 1. The molecule has 1 heterocycles. The van der Waals surface area contributed by atoms with Gasteiger partial charge in [0.1, 0.15) is 5.78 Å². The molecule has 2 atom stereocenters. The molecule has 0 bridgehead atoms. The van der Waals surface area contributed by atoms with Gasteiger partial charge in [0.2, 0.25) is 0 Å². The zero-order valence-corrected chi connectivity index (χ0v) is 8.51. The van der Waals surface area contributed by atoms with Crippen molar-refractivity contribution in [1.82, 2.24) is 4.98 Å². The summed E-state index contributed by atoms with van der Waals surface area (Å²) in [5.74, 6) is 1.27. The van der Waals surface area contributed by atoms with Crippen LogP contribution in [0.1, 0.15) is 24.6 Å². The third-order valence-corrected chi connectivity index (χ3v) is 3.73. The van der Waals surface area contributed by atoms with Crippen molar-refractivity contribution in [1.29, 1.82) is 0 Å². The smallest absolute Gasteiger partial charge is 0.136 e. The normalized spacial score (nSPS) is 28.2. The topological polar surface area (TPSA) is 30.0 Å². The molecule has 1 aromatic rings. The Labute approximate surface area is 82.0 Å². The number of rotatable bonds is 2. The van der Waals surface area contributed by atoms with Crippen LogP contribution in [0.15, 0.2) is 11.7 Å². The molecular formula is C10H13NOS. The van der Waals surface area contributed by atoms with Crippen LogP contribution in [-0.4, -0.2) is 10.8 Å². The molecule has 70 valence electrons. The quantitative estimate of drug-likeness (QED) is 0.724. The molecule has 2 rings (SSSR count). The second-order valence-corrected chi connectivity index (χ2v) is 4.70. The second-order valence-electron chi connectivity index (χ2n) is 3.73. The average Bonchev–Trinajstić information content (AvgIpc) is 2.71. The lowest BCUT2D eigenvalue weighted by molar-refractivity contribution is -0.120. The van der Waals surface area contributed by atoms with E-state index >= 15 is 0 Å². The zero-order valence-electron chi connectivity index (χ0n) is 7.69. The maximum absolute atomic E-state index is 11.3. The van der Waals surface area contributed by atoms with Crippen molar-refractivity contribution in [2.45, 2.75) is 26.2 Å². The van der Waals surface area contributed by atoms with Crippen LogP contribution < -0.4 is 0 Å². The van der Waals surface area contributed by atoms with Gasteiger partial charge in [-0.3, -0.25) is 9.78 Å². The largest absolute Gasteiger partial charge is 0.299 e. The van der Waals surface area contributed by atoms with Gasteiger partial charge in [-0.15, -0.1) is 11.3 Å². The number of thiazole rings is 1. The molecule has 1 saturated carbocycles. The van der Waals surface area contributed by atoms with E-state index in [1.54, 1.807) is 11.3 Å². The van der Waals surface area contributed by atoms with E-state index in [2.05, 4.69) is 11.9 Å². The fraction of sp³-hybridized carbons (Fsp3) is 0.600. The molecule has 0 aromatic carbocycles. The molecule has 0 spiro atoms. The standard InChI is InChI=1S/C10H13NOS/c1-7-8(2-3-10(7)12)4-9-5-11-6-13-9/h5-8H,2-4H2,1H3. The molecule has 0 aliphatic heterocycles. The van der Waals surface area contributed by atoms with Gasteiger partial charge in [-0.2, -0.15) is 0 Å². The highest BCUT2D eigenvalue weighted by molar-refractivity contribution is 7.09. The number of hydrogen-bond donors (Lipinski definition) is 0. The number of nitrogens with zero attached hydrogens (tertiary/aromatic N) is 1. The van der Waals surface area contributed by atoms with Crippen molar-refractivity contribution < 1.29 is 4.79 Å². The van der Waals surface area contributed by atoms with Crippen molar-refractivity contribution in [2.24, 2.45) is 11.8 Å². The van der Waals surface area contributed by atoms with E-state index in [4.69, 9.17) is 0 Å². The number of Topliss-reactive ketones (excluding diaryl/α,β-unsaturated/α-hetero) is 1. The summed E-state index contributed by atoms with van der Waals surface area (Å²) in [7, 11) is 0. The van der Waals surface area contributed by atoms with E-state index in [-0.39, 0.29) is 5.92 Å². The van der Waals surface area contributed by atoms with Crippen LogP contribution in [0.4, 0.5) is 0 Å². The van der Waals surface area contributed by atoms with E-state index in [0.29, 0.717) is 11.7 Å². The van der Waals surface area contributed by atoms with Gasteiger partial charge < -0.3 is 0 Å². The first-order valence-corrected chi connectivity index (χ1v) is 5.55. The fourth-order valence-corrected chi connectivity index (χ4v) is 2.64. The van der Waals surface area contributed by atoms with E-state index in [0.717, 1.165) is 19.3 Å². The van der Waals surface area contributed by atoms with Crippen LogP contribution in [0.5, 0.6) is 0 Å². The van der Waals surface area contributed by atoms with E-state index in [1.165, 1.54) is 4.88 Å². The molecule has 1 fully saturated rings. The van der Waals surface area contributed by atoms with Crippen molar-refractivity contribution in [3.8, 4) is 0 Å². The van der Waals surface area contributed by atoms with Gasteiger partial charge in [0.25, 0.3) is 0 Å². The predicted octanol–water partition coefficient (Wildman–Crippen LogP) is 2.30. The van der Waals surface area contributed by atoms with E-state index < -0.39 is 0 Å². The minimum atomic E-state index is 0.266. The van der Waals surface area contributed by atoms with Crippen LogP contribution in [0.25, 0.3) is 0 Å². The highest BCUT2D eigenvalue weighted by atomic mass is 32.1. The van der Waals surface area contributed by atoms with Crippen LogP contribution in [0.3, 0.4) is 0 Å². The van der Waals surface area contributed by atoms with E-state index in [1.807, 2.05) is 11.7 Å². The van der Waals surface area contributed by atoms with Gasteiger partial charge in [-0.25, -0.2) is 0 Å². The maximum atomic E-state index is 11.3. The monoisotopic (exact) mass is 195 g/mol. The van der Waals surface area contributed by atoms with Crippen molar-refractivity contribution in [2.75, 3.05) is 0 Å². The minimum Gasteiger partial charge on any atom is -0.299 e. The molecule has 0 radical (unpaired) electrons. The first kappa shape index (κ1) is 8.88. The minimum absolute atomic E-state index is 0.266. The fourth-order valence-electron chi connectivity index (χ4n) is 1.95. The summed E-state index contributed by atoms with van der Waals surface area (Å²) in [6, 6.07) is 0. The molecule has 2 unspecified atom stereocenters. The molecule has 2 nitrogen and oxygen atoms in total. The number of hydrogen-bond acceptors (Lipinski definition) is 3. The summed E-state index contributed by atoms with van der Waals surface area (Å²) < 4.78 is 0. The predicted molar refractivity (Wildman–Crippen MR) is 52.7 cm³/mol. The maximum Gasteiger partial charge on any atom is 0.136 e. The van der Waals surface area contributed by atoms with Crippen molar-refractivity contribution >= 4 is 17.1 Å². The molecule has 1 aromatic heterocycles. The van der Waals surface area contributed by atoms with Crippen LogP contribution in [-0.2, 0) is 11.2 Å². The molecule has 1 aliphatic rings. The number of aromatic nitrogens is 1. The van der Waals surface area contributed by atoms with Gasteiger partial charge in [0.05, 0.1) is 5.51 Å². The summed E-state index contributed by atoms with van der Waals surface area (Å²) in [4.78, 5) is 16.7. The van der Waals surface area contributed by atoms with Crippen molar-refractivity contribution in [3.63, 3.8) is 0 Å². The van der Waals surface area contributed by atoms with Crippen molar-refractivity contribution in [3.05, 3.63) is 16.6 Å². The lowest BCUT2D eigenvalue weighted by atomic mass is 9.94. The van der Waals surface area contributed by atoms with Gasteiger partial charge in [-0.05, 0) is 18.8 Å². The molecule has 0 N–H and O–H groups in total. The molecule has 0 saturated heterocycles.